The lowest BCUT2D eigenvalue weighted by Crippen LogP contribution is -2.57. The van der Waals surface area contributed by atoms with Crippen LogP contribution in [0.1, 0.15) is 52.4 Å². The zero-order valence-corrected chi connectivity index (χ0v) is 14.8. The Bertz CT molecular complexity index is 588. The number of aliphatic hydroxyl groups is 2. The number of allylic oxidation sites excluding steroid dienone is 2. The molecule has 4 aliphatic rings. The summed E-state index contributed by atoms with van der Waals surface area (Å²) in [7, 11) is 0. The highest BCUT2D eigenvalue weighted by molar-refractivity contribution is 5.40. The molecular weight excluding hydrogens is 305 g/mol. The van der Waals surface area contributed by atoms with Gasteiger partial charge < -0.3 is 10.2 Å². The summed E-state index contributed by atoms with van der Waals surface area (Å²) in [6.45, 7) is 3.97. The van der Waals surface area contributed by atoms with Crippen molar-refractivity contribution in [2.45, 2.75) is 70.6 Å². The van der Waals surface area contributed by atoms with E-state index < -0.39 is 6.80 Å². The van der Waals surface area contributed by atoms with Crippen LogP contribution in [0.25, 0.3) is 0 Å². The molecular formula is C20H30FNO2. The summed E-state index contributed by atoms with van der Waals surface area (Å²) in [5.74, 6) is 0.681. The largest absolute Gasteiger partial charge is 0.393 e. The lowest BCUT2D eigenvalue weighted by molar-refractivity contribution is -0.0172. The molecule has 0 bridgehead atoms. The quantitative estimate of drug-likeness (QED) is 0.680. The van der Waals surface area contributed by atoms with Crippen molar-refractivity contribution in [2.24, 2.45) is 22.7 Å². The molecule has 3 fully saturated rings. The van der Waals surface area contributed by atoms with Gasteiger partial charge in [0.25, 0.3) is 0 Å². The fourth-order valence-electron chi connectivity index (χ4n) is 6.43. The normalized spacial score (nSPS) is 50.5. The SMILES string of the molecule is C[C@]12C[C@@H](NCF)[C@H]3C(=CC=C4C[C@@H](O)CC[C@@]43C)[C@@H]1CC[C@@H]2O. The Morgan fingerprint density at radius 1 is 1.21 bits per heavy atom. The third-order valence-electron chi connectivity index (χ3n) is 7.80. The Hall–Kier alpha value is -0.710. The van der Waals surface area contributed by atoms with Gasteiger partial charge in [-0.25, -0.2) is 4.39 Å². The van der Waals surface area contributed by atoms with E-state index >= 15 is 0 Å². The van der Waals surface area contributed by atoms with Crippen LogP contribution in [-0.2, 0) is 0 Å². The highest BCUT2D eigenvalue weighted by Gasteiger charge is 2.59. The van der Waals surface area contributed by atoms with Crippen molar-refractivity contribution in [3.8, 4) is 0 Å². The number of alkyl halides is 1. The smallest absolute Gasteiger partial charge is 0.140 e. The molecule has 134 valence electrons. The molecule has 0 aromatic heterocycles. The van der Waals surface area contributed by atoms with Crippen LogP contribution in [0.5, 0.6) is 0 Å². The molecule has 0 amide bonds. The number of rotatable bonds is 2. The van der Waals surface area contributed by atoms with Gasteiger partial charge in [-0.15, -0.1) is 0 Å². The second kappa shape index (κ2) is 5.65. The van der Waals surface area contributed by atoms with Crippen LogP contribution in [0.15, 0.2) is 23.3 Å². The zero-order valence-electron chi connectivity index (χ0n) is 14.8. The van der Waals surface area contributed by atoms with Gasteiger partial charge in [0.05, 0.1) is 12.2 Å². The van der Waals surface area contributed by atoms with Gasteiger partial charge in [-0.1, -0.05) is 37.1 Å². The summed E-state index contributed by atoms with van der Waals surface area (Å²) in [5.41, 5.74) is 2.59. The van der Waals surface area contributed by atoms with Crippen molar-refractivity contribution in [3.63, 3.8) is 0 Å². The molecule has 3 N–H and O–H groups in total. The summed E-state index contributed by atoms with van der Waals surface area (Å²) >= 11 is 0. The van der Waals surface area contributed by atoms with Gasteiger partial charge in [0.2, 0.25) is 0 Å². The van der Waals surface area contributed by atoms with Crippen LogP contribution in [0.2, 0.25) is 0 Å². The van der Waals surface area contributed by atoms with Gasteiger partial charge in [-0.2, -0.15) is 0 Å². The molecule has 3 nitrogen and oxygen atoms in total. The number of hydrogen-bond acceptors (Lipinski definition) is 3. The van der Waals surface area contributed by atoms with Gasteiger partial charge in [0, 0.05) is 17.4 Å². The summed E-state index contributed by atoms with van der Waals surface area (Å²) in [5, 5.41) is 23.8. The predicted octanol–water partition coefficient (Wildman–Crippen LogP) is 3.09. The van der Waals surface area contributed by atoms with Gasteiger partial charge in [-0.3, -0.25) is 5.32 Å². The Morgan fingerprint density at radius 2 is 2.00 bits per heavy atom. The van der Waals surface area contributed by atoms with E-state index in [2.05, 4.69) is 31.3 Å². The van der Waals surface area contributed by atoms with E-state index in [0.717, 1.165) is 38.5 Å². The fourth-order valence-corrected chi connectivity index (χ4v) is 6.43. The number of hydrogen-bond donors (Lipinski definition) is 3. The van der Waals surface area contributed by atoms with Crippen LogP contribution in [0, 0.1) is 22.7 Å². The molecule has 4 rings (SSSR count). The third-order valence-corrected chi connectivity index (χ3v) is 7.80. The van der Waals surface area contributed by atoms with Crippen LogP contribution in [-0.4, -0.2) is 35.3 Å². The lowest BCUT2D eigenvalue weighted by atomic mass is 9.49. The molecule has 0 heterocycles. The van der Waals surface area contributed by atoms with Gasteiger partial charge >= 0.3 is 0 Å². The Balaban J connectivity index is 1.79. The minimum atomic E-state index is -0.525. The number of fused-ring (bicyclic) bond motifs is 5. The molecule has 4 heteroatoms. The van der Waals surface area contributed by atoms with E-state index in [1.807, 2.05) is 0 Å². The van der Waals surface area contributed by atoms with E-state index in [9.17, 15) is 14.6 Å². The van der Waals surface area contributed by atoms with E-state index in [1.165, 1.54) is 11.1 Å². The third kappa shape index (κ3) is 2.19. The standard InChI is InChI=1S/C20H30FNO2/c1-19-8-7-13(23)9-12(19)3-4-14-15-5-6-17(24)20(15,2)10-16(18(14)19)22-11-21/h3-4,13,15-18,22-24H,5-11H2,1-2H3/t13-,15-,16+,17-,18+,19-,20-/m0/s1. The molecule has 0 aliphatic heterocycles. The highest BCUT2D eigenvalue weighted by Crippen LogP contribution is 2.63. The summed E-state index contributed by atoms with van der Waals surface area (Å²) in [4.78, 5) is 0. The molecule has 24 heavy (non-hydrogen) atoms. The molecule has 7 atom stereocenters. The van der Waals surface area contributed by atoms with E-state index in [-0.39, 0.29) is 35.0 Å². The Labute approximate surface area is 144 Å². The minimum Gasteiger partial charge on any atom is -0.393 e. The number of aliphatic hydroxyl groups excluding tert-OH is 2. The molecule has 4 aliphatic carbocycles. The van der Waals surface area contributed by atoms with Gasteiger partial charge in [0.15, 0.2) is 0 Å². The average Bonchev–Trinajstić information content (AvgIpc) is 2.83. The summed E-state index contributed by atoms with van der Waals surface area (Å²) in [6, 6.07) is 0.0548. The maximum atomic E-state index is 13.3. The molecule has 0 spiro atoms. The lowest BCUT2D eigenvalue weighted by Gasteiger charge is -2.57. The van der Waals surface area contributed by atoms with Crippen molar-refractivity contribution in [1.29, 1.82) is 0 Å². The minimum absolute atomic E-state index is 0.00498. The molecule has 0 aromatic carbocycles. The monoisotopic (exact) mass is 335 g/mol. The van der Waals surface area contributed by atoms with Crippen molar-refractivity contribution in [1.82, 2.24) is 5.32 Å². The van der Waals surface area contributed by atoms with Crippen LogP contribution < -0.4 is 5.32 Å². The second-order valence-corrected chi connectivity index (χ2v) is 8.95. The van der Waals surface area contributed by atoms with Crippen molar-refractivity contribution < 1.29 is 14.6 Å². The maximum Gasteiger partial charge on any atom is 0.140 e. The highest BCUT2D eigenvalue weighted by atomic mass is 19.1. The number of halogens is 1. The Morgan fingerprint density at radius 3 is 2.75 bits per heavy atom. The molecule has 0 unspecified atom stereocenters. The molecule has 0 radical (unpaired) electrons. The van der Waals surface area contributed by atoms with E-state index in [4.69, 9.17) is 0 Å². The van der Waals surface area contributed by atoms with Crippen molar-refractivity contribution in [2.75, 3.05) is 6.80 Å². The van der Waals surface area contributed by atoms with Crippen LogP contribution in [0.4, 0.5) is 4.39 Å². The fraction of sp³-hybridized carbons (Fsp3) is 0.800. The topological polar surface area (TPSA) is 52.5 Å². The molecule has 3 saturated carbocycles. The van der Waals surface area contributed by atoms with Crippen molar-refractivity contribution in [3.05, 3.63) is 23.3 Å². The first-order chi connectivity index (χ1) is 11.4. The molecule has 0 saturated heterocycles. The second-order valence-electron chi connectivity index (χ2n) is 8.95. The van der Waals surface area contributed by atoms with Gasteiger partial charge in [0.1, 0.15) is 6.80 Å². The first kappa shape index (κ1) is 16.7. The first-order valence-corrected chi connectivity index (χ1v) is 9.47. The van der Waals surface area contributed by atoms with E-state index in [1.54, 1.807) is 0 Å². The summed E-state index contributed by atoms with van der Waals surface area (Å²) < 4.78 is 13.3. The van der Waals surface area contributed by atoms with Crippen LogP contribution >= 0.6 is 0 Å². The first-order valence-electron chi connectivity index (χ1n) is 9.47. The van der Waals surface area contributed by atoms with Crippen LogP contribution in [0.3, 0.4) is 0 Å². The van der Waals surface area contributed by atoms with E-state index in [0.29, 0.717) is 5.92 Å². The number of nitrogens with one attached hydrogen (secondary N) is 1. The van der Waals surface area contributed by atoms with Gasteiger partial charge in [-0.05, 0) is 49.9 Å². The summed E-state index contributed by atoms with van der Waals surface area (Å²) in [6.07, 6.45) is 9.16. The Kier molecular flexibility index (Phi) is 3.94. The predicted molar refractivity (Wildman–Crippen MR) is 92.0 cm³/mol. The maximum absolute atomic E-state index is 13.3. The zero-order chi connectivity index (χ0) is 17.1. The molecule has 0 aromatic rings. The average molecular weight is 335 g/mol. The van der Waals surface area contributed by atoms with Crippen molar-refractivity contribution >= 4 is 0 Å².